The van der Waals surface area contributed by atoms with Crippen LogP contribution in [0.3, 0.4) is 0 Å². The lowest BCUT2D eigenvalue weighted by molar-refractivity contribution is -0.133. The number of carbonyl (C=O) groups excluding carboxylic acids is 2. The molecule has 122 valence electrons. The average Bonchev–Trinajstić information content (AvgIpc) is 2.32. The van der Waals surface area contributed by atoms with Gasteiger partial charge in [0.05, 0.1) is 0 Å². The molecule has 0 heterocycles. The van der Waals surface area contributed by atoms with Crippen molar-refractivity contribution in [3.05, 3.63) is 29.8 Å². The number of nitrogens with one attached hydrogen (secondary N) is 1. The third-order valence-electron chi connectivity index (χ3n) is 2.33. The van der Waals surface area contributed by atoms with Crippen molar-refractivity contribution in [2.75, 3.05) is 6.54 Å². The first-order valence-electron chi connectivity index (χ1n) is 7.25. The predicted octanol–water partition coefficient (Wildman–Crippen LogP) is 3.01. The van der Waals surface area contributed by atoms with E-state index in [2.05, 4.69) is 25.0 Å². The zero-order chi connectivity index (χ0) is 17.0. The highest BCUT2D eigenvalue weighted by Crippen LogP contribution is 2.17. The first kappa shape index (κ1) is 18.4. The molecule has 0 aliphatic rings. The molecular formula is C15H25NO4Si2. The summed E-state index contributed by atoms with van der Waals surface area (Å²) in [5.74, 6) is -0.0351. The van der Waals surface area contributed by atoms with Gasteiger partial charge in [0.25, 0.3) is 5.91 Å². The monoisotopic (exact) mass is 339 g/mol. The second kappa shape index (κ2) is 7.10. The first-order chi connectivity index (χ1) is 9.96. The second-order valence-electron chi connectivity index (χ2n) is 7.01. The third-order valence-corrected chi connectivity index (χ3v) is 4.02. The van der Waals surface area contributed by atoms with E-state index in [0.717, 1.165) is 0 Å². The van der Waals surface area contributed by atoms with Crippen LogP contribution in [0.5, 0.6) is 5.75 Å². The fourth-order valence-corrected chi connectivity index (χ4v) is 3.28. The van der Waals surface area contributed by atoms with Gasteiger partial charge in [-0.15, -0.1) is 0 Å². The van der Waals surface area contributed by atoms with E-state index in [-0.39, 0.29) is 12.5 Å². The summed E-state index contributed by atoms with van der Waals surface area (Å²) in [5, 5.41) is 2.58. The average molecular weight is 340 g/mol. The smallest absolute Gasteiger partial charge is 0.312 e. The Bertz CT molecular complexity index is 547. The molecule has 1 amide bonds. The molecule has 0 aliphatic heterocycles. The molecule has 0 saturated carbocycles. The Hall–Kier alpha value is -1.61. The van der Waals surface area contributed by atoms with Crippen molar-refractivity contribution in [1.82, 2.24) is 5.32 Å². The van der Waals surface area contributed by atoms with Crippen LogP contribution in [0.2, 0.25) is 39.3 Å². The molecule has 0 aliphatic carbocycles. The number of hydrogen-bond donors (Lipinski definition) is 1. The zero-order valence-corrected chi connectivity index (χ0v) is 16.1. The molecule has 7 heteroatoms. The summed E-state index contributed by atoms with van der Waals surface area (Å²) in [6, 6.07) is 6.98. The maximum atomic E-state index is 12.1. The minimum absolute atomic E-state index is 0.123. The van der Waals surface area contributed by atoms with E-state index in [4.69, 9.17) is 8.85 Å². The minimum atomic E-state index is -1.92. The van der Waals surface area contributed by atoms with Gasteiger partial charge < -0.3 is 14.2 Å². The van der Waals surface area contributed by atoms with Gasteiger partial charge in [-0.1, -0.05) is 6.07 Å². The summed E-state index contributed by atoms with van der Waals surface area (Å²) in [5.41, 5.74) is 0.469. The number of hydrogen-bond acceptors (Lipinski definition) is 4. The van der Waals surface area contributed by atoms with Crippen LogP contribution in [0.1, 0.15) is 10.4 Å². The van der Waals surface area contributed by atoms with Crippen LogP contribution < -0.4 is 9.74 Å². The van der Waals surface area contributed by atoms with Gasteiger partial charge in [-0.25, -0.2) is 0 Å². The maximum absolute atomic E-state index is 12.1. The summed E-state index contributed by atoms with van der Waals surface area (Å²) in [6.07, 6.45) is 0. The Labute approximate surface area is 134 Å². The topological polar surface area (TPSA) is 64.6 Å². The van der Waals surface area contributed by atoms with Gasteiger partial charge in [0, 0.05) is 5.56 Å². The van der Waals surface area contributed by atoms with Gasteiger partial charge in [-0.2, -0.15) is 0 Å². The van der Waals surface area contributed by atoms with E-state index in [9.17, 15) is 9.59 Å². The molecule has 0 saturated heterocycles. The largest absolute Gasteiger partial charge is 0.544 e. The Morgan fingerprint density at radius 3 is 2.23 bits per heavy atom. The van der Waals surface area contributed by atoms with Crippen LogP contribution in [0.25, 0.3) is 0 Å². The van der Waals surface area contributed by atoms with E-state index < -0.39 is 22.6 Å². The Morgan fingerprint density at radius 2 is 1.68 bits per heavy atom. The molecule has 0 radical (unpaired) electrons. The van der Waals surface area contributed by atoms with Gasteiger partial charge in [0.2, 0.25) is 16.6 Å². The van der Waals surface area contributed by atoms with E-state index in [1.807, 2.05) is 25.7 Å². The van der Waals surface area contributed by atoms with Crippen LogP contribution in [0.4, 0.5) is 0 Å². The van der Waals surface area contributed by atoms with Crippen molar-refractivity contribution < 1.29 is 18.4 Å². The molecule has 5 nitrogen and oxygen atoms in total. The minimum Gasteiger partial charge on any atom is -0.544 e. The molecule has 0 unspecified atom stereocenters. The normalized spacial score (nSPS) is 11.7. The molecule has 0 fully saturated rings. The van der Waals surface area contributed by atoms with Gasteiger partial charge in [-0.05, 0) is 57.5 Å². The molecule has 1 N–H and O–H groups in total. The summed E-state index contributed by atoms with van der Waals surface area (Å²) >= 11 is 0. The molecule has 22 heavy (non-hydrogen) atoms. The standard InChI is InChI=1S/C15H25NO4Si2/c1-21(2,3)19-13-9-7-8-12(10-13)15(18)16-11-14(17)20-22(4,5)6/h7-10H,11H2,1-6H3,(H,16,18). The summed E-state index contributed by atoms with van der Waals surface area (Å²) in [7, 11) is -3.64. The quantitative estimate of drug-likeness (QED) is 0.809. The Balaban J connectivity index is 2.63. The highest BCUT2D eigenvalue weighted by atomic mass is 28.4. The van der Waals surface area contributed by atoms with E-state index in [1.165, 1.54) is 0 Å². The predicted molar refractivity (Wildman–Crippen MR) is 92.2 cm³/mol. The zero-order valence-electron chi connectivity index (χ0n) is 14.1. The number of carbonyl (C=O) groups is 2. The molecule has 0 aromatic heterocycles. The number of amides is 1. The van der Waals surface area contributed by atoms with Crippen LogP contribution in [-0.2, 0) is 9.22 Å². The summed E-state index contributed by atoms with van der Waals surface area (Å²) in [4.78, 5) is 23.7. The van der Waals surface area contributed by atoms with Gasteiger partial charge >= 0.3 is 5.97 Å². The van der Waals surface area contributed by atoms with Crippen molar-refractivity contribution in [3.8, 4) is 5.75 Å². The first-order valence-corrected chi connectivity index (χ1v) is 14.1. The number of benzene rings is 1. The molecule has 1 rings (SSSR count). The number of rotatable bonds is 6. The van der Waals surface area contributed by atoms with E-state index >= 15 is 0 Å². The van der Waals surface area contributed by atoms with Crippen molar-refractivity contribution in [2.24, 2.45) is 0 Å². The Kier molecular flexibility index (Phi) is 5.95. The van der Waals surface area contributed by atoms with Crippen LogP contribution in [0, 0.1) is 0 Å². The SMILES string of the molecule is C[Si](C)(C)OC(=O)CNC(=O)c1cccc(O[Si](C)(C)C)c1. The summed E-state index contributed by atoms with van der Waals surface area (Å²) < 4.78 is 11.1. The van der Waals surface area contributed by atoms with Crippen molar-refractivity contribution >= 4 is 28.5 Å². The van der Waals surface area contributed by atoms with Gasteiger partial charge in [0.1, 0.15) is 12.3 Å². The lowest BCUT2D eigenvalue weighted by Crippen LogP contribution is -2.36. The lowest BCUT2D eigenvalue weighted by atomic mass is 10.2. The van der Waals surface area contributed by atoms with Crippen LogP contribution >= 0.6 is 0 Å². The highest BCUT2D eigenvalue weighted by Gasteiger charge is 2.20. The lowest BCUT2D eigenvalue weighted by Gasteiger charge is -2.19. The Morgan fingerprint density at radius 1 is 1.05 bits per heavy atom. The maximum Gasteiger partial charge on any atom is 0.312 e. The molecule has 0 spiro atoms. The third kappa shape index (κ3) is 7.42. The fraction of sp³-hybridized carbons (Fsp3) is 0.467. The second-order valence-corrected chi connectivity index (χ2v) is 15.9. The fourth-order valence-electron chi connectivity index (χ4n) is 1.69. The van der Waals surface area contributed by atoms with Crippen LogP contribution in [0.15, 0.2) is 24.3 Å². The van der Waals surface area contributed by atoms with Gasteiger partial charge in [-0.3, -0.25) is 9.59 Å². The van der Waals surface area contributed by atoms with Crippen molar-refractivity contribution in [2.45, 2.75) is 39.3 Å². The van der Waals surface area contributed by atoms with Crippen LogP contribution in [-0.4, -0.2) is 35.1 Å². The van der Waals surface area contributed by atoms with E-state index in [1.54, 1.807) is 18.2 Å². The molecular weight excluding hydrogens is 314 g/mol. The summed E-state index contributed by atoms with van der Waals surface area (Å²) in [6.45, 7) is 11.9. The molecule has 0 bridgehead atoms. The molecule has 0 atom stereocenters. The molecule has 1 aromatic rings. The van der Waals surface area contributed by atoms with Crippen molar-refractivity contribution in [1.29, 1.82) is 0 Å². The highest BCUT2D eigenvalue weighted by molar-refractivity contribution is 6.71. The van der Waals surface area contributed by atoms with Crippen molar-refractivity contribution in [3.63, 3.8) is 0 Å². The van der Waals surface area contributed by atoms with Gasteiger partial charge in [0.15, 0.2) is 0 Å². The van der Waals surface area contributed by atoms with E-state index in [0.29, 0.717) is 11.3 Å². The molecule has 1 aromatic carbocycles.